The number of rotatable bonds is 2. The van der Waals surface area contributed by atoms with Crippen molar-refractivity contribution in [2.75, 3.05) is 19.6 Å². The summed E-state index contributed by atoms with van der Waals surface area (Å²) in [4.78, 5) is 0.0520. The van der Waals surface area contributed by atoms with E-state index < -0.39 is 10.0 Å². The van der Waals surface area contributed by atoms with Crippen molar-refractivity contribution in [2.24, 2.45) is 0 Å². The van der Waals surface area contributed by atoms with Crippen LogP contribution >= 0.6 is 51.5 Å². The molecule has 0 bridgehead atoms. The summed E-state index contributed by atoms with van der Waals surface area (Å²) in [6.45, 7) is 3.54. The quantitative estimate of drug-likeness (QED) is 0.742. The fourth-order valence-corrected chi connectivity index (χ4v) is 4.84. The largest absolute Gasteiger partial charge is 0.314 e. The number of sulfonamides is 1. The zero-order valence-corrected chi connectivity index (χ0v) is 15.3. The third-order valence-electron chi connectivity index (χ3n) is 3.03. The normalized spacial score (nSPS) is 20.5. The van der Waals surface area contributed by atoms with Gasteiger partial charge in [-0.15, -0.1) is 12.4 Å². The first-order valence-corrected chi connectivity index (χ1v) is 8.70. The molecule has 1 aliphatic rings. The Balaban J connectivity index is 0.00000200. The van der Waals surface area contributed by atoms with Gasteiger partial charge in [0.25, 0.3) is 0 Å². The molecule has 20 heavy (non-hydrogen) atoms. The highest BCUT2D eigenvalue weighted by Crippen LogP contribution is 2.36. The Bertz CT molecular complexity index is 598. The van der Waals surface area contributed by atoms with Crippen molar-refractivity contribution in [2.45, 2.75) is 17.9 Å². The molecular formula is C11H14BrCl3N2O2S. The molecule has 114 valence electrons. The van der Waals surface area contributed by atoms with Crippen molar-refractivity contribution < 1.29 is 8.42 Å². The second-order valence-corrected chi connectivity index (χ2v) is 7.81. The second-order valence-electron chi connectivity index (χ2n) is 4.34. The van der Waals surface area contributed by atoms with Crippen molar-refractivity contribution >= 4 is 61.6 Å². The van der Waals surface area contributed by atoms with Gasteiger partial charge in [0.05, 0.1) is 10.0 Å². The topological polar surface area (TPSA) is 49.4 Å². The number of benzene rings is 1. The Morgan fingerprint density at radius 1 is 1.35 bits per heavy atom. The minimum Gasteiger partial charge on any atom is -0.314 e. The molecule has 1 unspecified atom stereocenters. The lowest BCUT2D eigenvalue weighted by molar-refractivity contribution is 0.284. The van der Waals surface area contributed by atoms with Crippen LogP contribution in [0.15, 0.2) is 21.5 Å². The maximum absolute atomic E-state index is 12.6. The predicted octanol–water partition coefficient (Wildman–Crippen LogP) is 3.16. The van der Waals surface area contributed by atoms with E-state index in [4.69, 9.17) is 23.2 Å². The second kappa shape index (κ2) is 7.13. The van der Waals surface area contributed by atoms with Crippen molar-refractivity contribution in [3.8, 4) is 0 Å². The van der Waals surface area contributed by atoms with Crippen molar-refractivity contribution in [3.63, 3.8) is 0 Å². The number of hydrogen-bond donors (Lipinski definition) is 1. The first kappa shape index (κ1) is 18.5. The number of hydrogen-bond acceptors (Lipinski definition) is 3. The summed E-state index contributed by atoms with van der Waals surface area (Å²) in [5, 5.41) is 3.42. The lowest BCUT2D eigenvalue weighted by Crippen LogP contribution is -2.52. The zero-order valence-electron chi connectivity index (χ0n) is 10.6. The highest BCUT2D eigenvalue weighted by Gasteiger charge is 2.33. The molecule has 1 N–H and O–H groups in total. The van der Waals surface area contributed by atoms with Gasteiger partial charge in [-0.25, -0.2) is 8.42 Å². The Labute approximate surface area is 143 Å². The van der Waals surface area contributed by atoms with Crippen LogP contribution in [0.1, 0.15) is 6.92 Å². The predicted molar refractivity (Wildman–Crippen MR) is 87.6 cm³/mol. The molecule has 0 spiro atoms. The van der Waals surface area contributed by atoms with E-state index in [1.807, 2.05) is 6.92 Å². The Kier molecular flexibility index (Phi) is 6.59. The van der Waals surface area contributed by atoms with Gasteiger partial charge in [-0.05, 0) is 35.0 Å². The van der Waals surface area contributed by atoms with Crippen molar-refractivity contribution in [1.29, 1.82) is 0 Å². The van der Waals surface area contributed by atoms with Gasteiger partial charge < -0.3 is 5.32 Å². The summed E-state index contributed by atoms with van der Waals surface area (Å²) in [7, 11) is -3.63. The Morgan fingerprint density at radius 2 is 2.00 bits per heavy atom. The molecule has 1 fully saturated rings. The highest BCUT2D eigenvalue weighted by molar-refractivity contribution is 9.10. The molecule has 1 aromatic rings. The number of nitrogens with zero attached hydrogens (tertiary/aromatic N) is 1. The molecule has 1 heterocycles. The summed E-state index contributed by atoms with van der Waals surface area (Å²) in [5.41, 5.74) is 0. The van der Waals surface area contributed by atoms with E-state index in [9.17, 15) is 8.42 Å². The average Bonchev–Trinajstić information content (AvgIpc) is 2.36. The average molecular weight is 425 g/mol. The summed E-state index contributed by atoms with van der Waals surface area (Å²) in [6, 6.07) is 2.95. The van der Waals surface area contributed by atoms with E-state index in [-0.39, 0.29) is 33.4 Å². The van der Waals surface area contributed by atoms with Gasteiger partial charge in [0.1, 0.15) is 4.90 Å². The van der Waals surface area contributed by atoms with E-state index in [1.54, 1.807) is 6.07 Å². The van der Waals surface area contributed by atoms with Crippen LogP contribution in [-0.2, 0) is 10.0 Å². The Morgan fingerprint density at radius 3 is 2.60 bits per heavy atom. The van der Waals surface area contributed by atoms with Gasteiger partial charge in [0.2, 0.25) is 10.0 Å². The Hall–Kier alpha value is 0.440. The first-order chi connectivity index (χ1) is 8.85. The first-order valence-electron chi connectivity index (χ1n) is 5.71. The zero-order chi connectivity index (χ0) is 14.2. The van der Waals surface area contributed by atoms with Crippen molar-refractivity contribution in [3.05, 3.63) is 26.7 Å². The van der Waals surface area contributed by atoms with Crippen LogP contribution in [0.4, 0.5) is 0 Å². The summed E-state index contributed by atoms with van der Waals surface area (Å²) in [6.07, 6.45) is 0. The fraction of sp³-hybridized carbons (Fsp3) is 0.455. The number of nitrogens with one attached hydrogen (secondary N) is 1. The molecule has 1 aliphatic heterocycles. The van der Waals surface area contributed by atoms with E-state index >= 15 is 0 Å². The van der Waals surface area contributed by atoms with E-state index in [0.29, 0.717) is 24.1 Å². The van der Waals surface area contributed by atoms with Gasteiger partial charge in [0.15, 0.2) is 0 Å². The number of halogens is 4. The summed E-state index contributed by atoms with van der Waals surface area (Å²) >= 11 is 15.3. The van der Waals surface area contributed by atoms with Crippen LogP contribution in [0.5, 0.6) is 0 Å². The minimum absolute atomic E-state index is 0. The van der Waals surface area contributed by atoms with Gasteiger partial charge in [-0.3, -0.25) is 0 Å². The van der Waals surface area contributed by atoms with Gasteiger partial charge in [0, 0.05) is 30.1 Å². The van der Waals surface area contributed by atoms with Crippen LogP contribution in [0.3, 0.4) is 0 Å². The third kappa shape index (κ3) is 3.43. The van der Waals surface area contributed by atoms with Crippen LogP contribution in [-0.4, -0.2) is 38.4 Å². The molecule has 4 nitrogen and oxygen atoms in total. The van der Waals surface area contributed by atoms with E-state index in [0.717, 1.165) is 0 Å². The molecule has 0 saturated carbocycles. The van der Waals surface area contributed by atoms with Crippen molar-refractivity contribution in [1.82, 2.24) is 9.62 Å². The molecule has 1 saturated heterocycles. The molecule has 0 radical (unpaired) electrons. The molecule has 1 aromatic carbocycles. The van der Waals surface area contributed by atoms with Crippen LogP contribution < -0.4 is 5.32 Å². The lowest BCUT2D eigenvalue weighted by atomic mass is 10.3. The molecule has 2 rings (SSSR count). The maximum atomic E-state index is 12.6. The standard InChI is InChI=1S/C11H13BrCl2N2O2S.ClH/c1-7-6-15-4-5-16(7)19(17,18)9-3-2-8(12)10(13)11(9)14;/h2-3,7,15H,4-6H2,1H3;1H. The van der Waals surface area contributed by atoms with Gasteiger partial charge in [-0.1, -0.05) is 23.2 Å². The summed E-state index contributed by atoms with van der Waals surface area (Å²) < 4.78 is 27.3. The lowest BCUT2D eigenvalue weighted by Gasteiger charge is -2.33. The SMILES string of the molecule is CC1CNCCN1S(=O)(=O)c1ccc(Br)c(Cl)c1Cl.Cl. The van der Waals surface area contributed by atoms with Crippen LogP contribution in [0.2, 0.25) is 10.0 Å². The minimum atomic E-state index is -3.63. The van der Waals surface area contributed by atoms with Crippen LogP contribution in [0.25, 0.3) is 0 Å². The third-order valence-corrected chi connectivity index (χ3v) is 6.97. The molecule has 0 aromatic heterocycles. The van der Waals surface area contributed by atoms with Gasteiger partial charge in [-0.2, -0.15) is 4.31 Å². The van der Waals surface area contributed by atoms with Crippen LogP contribution in [0, 0.1) is 0 Å². The van der Waals surface area contributed by atoms with E-state index in [1.165, 1.54) is 10.4 Å². The molecular weight excluding hydrogens is 410 g/mol. The van der Waals surface area contributed by atoms with Gasteiger partial charge >= 0.3 is 0 Å². The highest BCUT2D eigenvalue weighted by atomic mass is 79.9. The number of piperazine rings is 1. The molecule has 1 atom stereocenters. The molecule has 9 heteroatoms. The van der Waals surface area contributed by atoms with E-state index in [2.05, 4.69) is 21.2 Å². The molecule has 0 aliphatic carbocycles. The summed E-state index contributed by atoms with van der Waals surface area (Å²) in [5.74, 6) is 0. The monoisotopic (exact) mass is 422 g/mol. The maximum Gasteiger partial charge on any atom is 0.244 e. The fourth-order valence-electron chi connectivity index (χ4n) is 2.01. The molecule has 0 amide bonds. The smallest absolute Gasteiger partial charge is 0.244 e.